The van der Waals surface area contributed by atoms with E-state index in [1.807, 2.05) is 20.8 Å². The average molecular weight is 287 g/mol. The molecule has 0 fully saturated rings. The van der Waals surface area contributed by atoms with Gasteiger partial charge in [0.05, 0.1) is 19.3 Å². The monoisotopic (exact) mass is 286 g/mol. The normalized spacial score (nSPS) is 10.6. The van der Waals surface area contributed by atoms with Crippen LogP contribution in [0.15, 0.2) is 12.2 Å². The predicted octanol–water partition coefficient (Wildman–Crippen LogP) is 2.32. The SMILES string of the molecule is C=C(C)COCCNc1nc(Cl)nc(OC(C)C)n1. The van der Waals surface area contributed by atoms with Crippen LogP contribution in [-0.4, -0.2) is 40.8 Å². The summed E-state index contributed by atoms with van der Waals surface area (Å²) in [6, 6.07) is 0.209. The van der Waals surface area contributed by atoms with Crippen molar-refractivity contribution in [1.82, 2.24) is 15.0 Å². The molecule has 1 aromatic rings. The fourth-order valence-corrected chi connectivity index (χ4v) is 1.31. The van der Waals surface area contributed by atoms with Crippen LogP contribution in [0.2, 0.25) is 5.28 Å². The van der Waals surface area contributed by atoms with Gasteiger partial charge >= 0.3 is 6.01 Å². The summed E-state index contributed by atoms with van der Waals surface area (Å²) in [5.41, 5.74) is 0.982. The van der Waals surface area contributed by atoms with E-state index in [-0.39, 0.29) is 17.4 Å². The lowest BCUT2D eigenvalue weighted by Crippen LogP contribution is -2.14. The molecule has 0 aliphatic rings. The average Bonchev–Trinajstić information content (AvgIpc) is 2.26. The molecule has 1 heterocycles. The molecule has 0 saturated carbocycles. The molecule has 1 rings (SSSR count). The summed E-state index contributed by atoms with van der Waals surface area (Å²) in [4.78, 5) is 11.9. The van der Waals surface area contributed by atoms with E-state index in [4.69, 9.17) is 21.1 Å². The van der Waals surface area contributed by atoms with E-state index >= 15 is 0 Å². The zero-order valence-corrected chi connectivity index (χ0v) is 12.2. The van der Waals surface area contributed by atoms with Crippen molar-refractivity contribution in [3.05, 3.63) is 17.4 Å². The molecule has 0 unspecified atom stereocenters. The van der Waals surface area contributed by atoms with E-state index in [1.165, 1.54) is 0 Å². The predicted molar refractivity (Wildman–Crippen MR) is 74.7 cm³/mol. The quantitative estimate of drug-likeness (QED) is 0.584. The van der Waals surface area contributed by atoms with Gasteiger partial charge in [-0.05, 0) is 32.4 Å². The molecule has 0 spiro atoms. The van der Waals surface area contributed by atoms with Gasteiger partial charge < -0.3 is 14.8 Å². The Balaban J connectivity index is 2.44. The van der Waals surface area contributed by atoms with E-state index in [9.17, 15) is 0 Å². The van der Waals surface area contributed by atoms with Crippen LogP contribution in [0, 0.1) is 0 Å². The Morgan fingerprint density at radius 2 is 2.11 bits per heavy atom. The fourth-order valence-electron chi connectivity index (χ4n) is 1.16. The number of ether oxygens (including phenoxy) is 2. The lowest BCUT2D eigenvalue weighted by molar-refractivity contribution is 0.167. The lowest BCUT2D eigenvalue weighted by atomic mass is 10.4. The Morgan fingerprint density at radius 3 is 2.74 bits per heavy atom. The second-order valence-corrected chi connectivity index (χ2v) is 4.65. The first-order valence-electron chi connectivity index (χ1n) is 6.01. The summed E-state index contributed by atoms with van der Waals surface area (Å²) < 4.78 is 10.7. The van der Waals surface area contributed by atoms with Gasteiger partial charge in [0.25, 0.3) is 0 Å². The number of rotatable bonds is 8. The highest BCUT2D eigenvalue weighted by atomic mass is 35.5. The zero-order valence-electron chi connectivity index (χ0n) is 11.4. The third kappa shape index (κ3) is 6.93. The number of hydrogen-bond acceptors (Lipinski definition) is 6. The highest BCUT2D eigenvalue weighted by Crippen LogP contribution is 2.12. The van der Waals surface area contributed by atoms with Crippen LogP contribution in [0.1, 0.15) is 20.8 Å². The number of hydrogen-bond donors (Lipinski definition) is 1. The molecule has 0 saturated heterocycles. The first kappa shape index (κ1) is 15.7. The summed E-state index contributed by atoms with van der Waals surface area (Å²) in [5.74, 6) is 0.370. The van der Waals surface area contributed by atoms with Crippen molar-refractivity contribution in [2.24, 2.45) is 0 Å². The summed E-state index contributed by atoms with van der Waals surface area (Å²) in [6.07, 6.45) is -0.0229. The number of aromatic nitrogens is 3. The van der Waals surface area contributed by atoms with Crippen LogP contribution < -0.4 is 10.1 Å². The molecule has 19 heavy (non-hydrogen) atoms. The Kier molecular flexibility index (Phi) is 6.52. The highest BCUT2D eigenvalue weighted by Gasteiger charge is 2.07. The van der Waals surface area contributed by atoms with Crippen LogP contribution in [0.25, 0.3) is 0 Å². The summed E-state index contributed by atoms with van der Waals surface area (Å²) in [7, 11) is 0. The molecule has 7 heteroatoms. The molecule has 0 aromatic carbocycles. The van der Waals surface area contributed by atoms with Crippen molar-refractivity contribution in [2.75, 3.05) is 25.1 Å². The van der Waals surface area contributed by atoms with Crippen molar-refractivity contribution >= 4 is 17.5 Å². The largest absolute Gasteiger partial charge is 0.461 e. The van der Waals surface area contributed by atoms with Crippen LogP contribution in [-0.2, 0) is 4.74 Å². The molecule has 6 nitrogen and oxygen atoms in total. The van der Waals surface area contributed by atoms with Gasteiger partial charge in [0.1, 0.15) is 0 Å². The second kappa shape index (κ2) is 7.91. The minimum Gasteiger partial charge on any atom is -0.461 e. The fraction of sp³-hybridized carbons (Fsp3) is 0.583. The Labute approximate surface area is 118 Å². The van der Waals surface area contributed by atoms with Crippen molar-refractivity contribution in [1.29, 1.82) is 0 Å². The highest BCUT2D eigenvalue weighted by molar-refractivity contribution is 6.28. The number of halogens is 1. The first-order chi connectivity index (χ1) is 8.97. The van der Waals surface area contributed by atoms with Crippen LogP contribution in [0.3, 0.4) is 0 Å². The molecule has 0 atom stereocenters. The van der Waals surface area contributed by atoms with Crippen LogP contribution in [0.4, 0.5) is 5.95 Å². The van der Waals surface area contributed by atoms with Crippen LogP contribution >= 0.6 is 11.6 Å². The Bertz CT molecular complexity index is 426. The first-order valence-corrected chi connectivity index (χ1v) is 6.39. The van der Waals surface area contributed by atoms with Gasteiger partial charge in [-0.1, -0.05) is 12.2 Å². The van der Waals surface area contributed by atoms with E-state index < -0.39 is 0 Å². The van der Waals surface area contributed by atoms with Gasteiger partial charge in [-0.25, -0.2) is 0 Å². The van der Waals surface area contributed by atoms with E-state index in [0.717, 1.165) is 5.57 Å². The van der Waals surface area contributed by atoms with Gasteiger partial charge in [-0.3, -0.25) is 0 Å². The van der Waals surface area contributed by atoms with Gasteiger partial charge in [-0.2, -0.15) is 15.0 Å². The molecule has 0 radical (unpaired) electrons. The van der Waals surface area contributed by atoms with Gasteiger partial charge in [-0.15, -0.1) is 0 Å². The van der Waals surface area contributed by atoms with Crippen molar-refractivity contribution in [2.45, 2.75) is 26.9 Å². The van der Waals surface area contributed by atoms with Crippen molar-refractivity contribution in [3.63, 3.8) is 0 Å². The van der Waals surface area contributed by atoms with Gasteiger partial charge in [0.15, 0.2) is 0 Å². The lowest BCUT2D eigenvalue weighted by Gasteiger charge is -2.10. The molecule has 1 N–H and O–H groups in total. The molecule has 0 bridgehead atoms. The molecular weight excluding hydrogens is 268 g/mol. The van der Waals surface area contributed by atoms with Gasteiger partial charge in [0.2, 0.25) is 11.2 Å². The molecule has 0 aliphatic carbocycles. The summed E-state index contributed by atoms with van der Waals surface area (Å²) >= 11 is 5.79. The maximum atomic E-state index is 5.79. The third-order valence-electron chi connectivity index (χ3n) is 1.81. The van der Waals surface area contributed by atoms with E-state index in [0.29, 0.717) is 25.7 Å². The van der Waals surface area contributed by atoms with Crippen LogP contribution in [0.5, 0.6) is 6.01 Å². The minimum atomic E-state index is -0.0229. The summed E-state index contributed by atoms with van der Waals surface area (Å²) in [6.45, 7) is 11.1. The molecule has 0 amide bonds. The third-order valence-corrected chi connectivity index (χ3v) is 1.98. The van der Waals surface area contributed by atoms with Crippen molar-refractivity contribution < 1.29 is 9.47 Å². The number of nitrogens with zero attached hydrogens (tertiary/aromatic N) is 3. The topological polar surface area (TPSA) is 69.2 Å². The molecular formula is C12H19ClN4O2. The standard InChI is InChI=1S/C12H19ClN4O2/c1-8(2)7-18-6-5-14-11-15-10(13)16-12(17-11)19-9(3)4/h9H,1,5-7H2,2-4H3,(H,14,15,16,17). The van der Waals surface area contributed by atoms with E-state index in [1.54, 1.807) is 0 Å². The van der Waals surface area contributed by atoms with Gasteiger partial charge in [0, 0.05) is 6.54 Å². The molecule has 0 aliphatic heterocycles. The molecule has 1 aromatic heterocycles. The van der Waals surface area contributed by atoms with E-state index in [2.05, 4.69) is 26.8 Å². The Hall–Kier alpha value is -1.40. The smallest absolute Gasteiger partial charge is 0.322 e. The minimum absolute atomic E-state index is 0.0229. The zero-order chi connectivity index (χ0) is 14.3. The number of anilines is 1. The maximum Gasteiger partial charge on any atom is 0.322 e. The van der Waals surface area contributed by atoms with Crippen molar-refractivity contribution in [3.8, 4) is 6.01 Å². The number of nitrogens with one attached hydrogen (secondary N) is 1. The maximum absolute atomic E-state index is 5.79. The Morgan fingerprint density at radius 1 is 1.37 bits per heavy atom. The summed E-state index contributed by atoms with van der Waals surface area (Å²) in [5, 5.41) is 3.09. The molecule has 106 valence electrons. The second-order valence-electron chi connectivity index (χ2n) is 4.31.